The minimum Gasteiger partial charge on any atom is -0.468 e. The van der Waals surface area contributed by atoms with Crippen LogP contribution in [0.1, 0.15) is 64.0 Å². The number of carbonyl (C=O) groups excluding carboxylic acids is 1. The zero-order valence-corrected chi connectivity index (χ0v) is 17.5. The second kappa shape index (κ2) is 6.60. The SMILES string of the molecule is COC(=O)C1(c2ccc(C3C=CC(B4OC(C)(C)C(C)(C)O4)=CC3)cc2)CC1. The molecule has 1 saturated carbocycles. The molecule has 148 valence electrons. The van der Waals surface area contributed by atoms with Gasteiger partial charge >= 0.3 is 13.1 Å². The van der Waals surface area contributed by atoms with Gasteiger partial charge in [0.05, 0.1) is 23.7 Å². The van der Waals surface area contributed by atoms with Crippen molar-refractivity contribution >= 4 is 13.1 Å². The summed E-state index contributed by atoms with van der Waals surface area (Å²) in [5.74, 6) is 0.210. The van der Waals surface area contributed by atoms with Gasteiger partial charge in [0.15, 0.2) is 0 Å². The molecule has 1 saturated heterocycles. The maximum absolute atomic E-state index is 12.1. The van der Waals surface area contributed by atoms with Crippen LogP contribution in [-0.2, 0) is 24.3 Å². The third-order valence-corrected chi connectivity index (χ3v) is 6.87. The first kappa shape index (κ1) is 19.5. The van der Waals surface area contributed by atoms with Crippen LogP contribution in [0.25, 0.3) is 0 Å². The molecule has 28 heavy (non-hydrogen) atoms. The lowest BCUT2D eigenvalue weighted by molar-refractivity contribution is -0.143. The maximum atomic E-state index is 12.1. The van der Waals surface area contributed by atoms with Crippen LogP contribution in [0.3, 0.4) is 0 Å². The molecule has 3 aliphatic rings. The van der Waals surface area contributed by atoms with E-state index in [0.29, 0.717) is 5.92 Å². The lowest BCUT2D eigenvalue weighted by Gasteiger charge is -2.32. The molecule has 0 amide bonds. The van der Waals surface area contributed by atoms with Crippen LogP contribution in [0, 0.1) is 0 Å². The highest BCUT2D eigenvalue weighted by Gasteiger charge is 2.53. The van der Waals surface area contributed by atoms with Crippen molar-refractivity contribution in [3.63, 3.8) is 0 Å². The first-order valence-corrected chi connectivity index (χ1v) is 10.1. The molecule has 1 unspecified atom stereocenters. The Morgan fingerprint density at radius 3 is 2.14 bits per heavy atom. The first-order chi connectivity index (χ1) is 13.2. The van der Waals surface area contributed by atoms with Crippen molar-refractivity contribution in [2.75, 3.05) is 7.11 Å². The van der Waals surface area contributed by atoms with Crippen molar-refractivity contribution in [1.29, 1.82) is 0 Å². The number of benzene rings is 1. The van der Waals surface area contributed by atoms with Crippen molar-refractivity contribution in [3.8, 4) is 0 Å². The van der Waals surface area contributed by atoms with E-state index in [2.05, 4.69) is 70.2 Å². The Labute approximate surface area is 168 Å². The number of carbonyl (C=O) groups is 1. The highest BCUT2D eigenvalue weighted by molar-refractivity contribution is 6.55. The van der Waals surface area contributed by atoms with Crippen molar-refractivity contribution in [2.45, 2.75) is 69.5 Å². The Bertz CT molecular complexity index is 815. The zero-order valence-electron chi connectivity index (χ0n) is 17.5. The molecule has 1 atom stereocenters. The molecule has 1 heterocycles. The predicted molar refractivity (Wildman–Crippen MR) is 110 cm³/mol. The molecule has 4 rings (SSSR count). The largest absolute Gasteiger partial charge is 0.494 e. The summed E-state index contributed by atoms with van der Waals surface area (Å²) in [4.78, 5) is 12.1. The Hall–Kier alpha value is -1.85. The smallest absolute Gasteiger partial charge is 0.468 e. The van der Waals surface area contributed by atoms with Gasteiger partial charge in [-0.3, -0.25) is 4.79 Å². The Balaban J connectivity index is 1.43. The number of ether oxygens (including phenoxy) is 1. The number of hydrogen-bond donors (Lipinski definition) is 0. The van der Waals surface area contributed by atoms with Gasteiger partial charge in [0.1, 0.15) is 0 Å². The quantitative estimate of drug-likeness (QED) is 0.570. The molecule has 1 aromatic rings. The molecule has 0 radical (unpaired) electrons. The normalized spacial score (nSPS) is 26.7. The molecule has 0 bridgehead atoms. The number of allylic oxidation sites excluding steroid dienone is 4. The van der Waals surface area contributed by atoms with Crippen molar-refractivity contribution < 1.29 is 18.8 Å². The van der Waals surface area contributed by atoms with Crippen LogP contribution in [0.15, 0.2) is 48.0 Å². The number of methoxy groups -OCH3 is 1. The van der Waals surface area contributed by atoms with Gasteiger partial charge in [0, 0.05) is 5.92 Å². The van der Waals surface area contributed by atoms with E-state index in [1.807, 2.05) is 0 Å². The lowest BCUT2D eigenvalue weighted by atomic mass is 9.73. The zero-order chi connectivity index (χ0) is 20.2. The van der Waals surface area contributed by atoms with Crippen LogP contribution in [0.2, 0.25) is 0 Å². The third-order valence-electron chi connectivity index (χ3n) is 6.87. The molecule has 2 fully saturated rings. The van der Waals surface area contributed by atoms with Gasteiger partial charge < -0.3 is 14.0 Å². The lowest BCUT2D eigenvalue weighted by Crippen LogP contribution is -2.41. The van der Waals surface area contributed by atoms with Crippen LogP contribution < -0.4 is 0 Å². The van der Waals surface area contributed by atoms with E-state index in [1.54, 1.807) is 0 Å². The molecule has 1 aromatic carbocycles. The van der Waals surface area contributed by atoms with E-state index < -0.39 is 5.41 Å². The minimum absolute atomic E-state index is 0.118. The van der Waals surface area contributed by atoms with Crippen LogP contribution in [-0.4, -0.2) is 31.4 Å². The molecule has 0 aromatic heterocycles. The summed E-state index contributed by atoms with van der Waals surface area (Å²) in [6.45, 7) is 8.30. The summed E-state index contributed by atoms with van der Waals surface area (Å²) in [7, 11) is 1.16. The fourth-order valence-corrected chi connectivity index (χ4v) is 4.02. The van der Waals surface area contributed by atoms with Crippen LogP contribution in [0.4, 0.5) is 0 Å². The van der Waals surface area contributed by atoms with Gasteiger partial charge in [-0.25, -0.2) is 0 Å². The van der Waals surface area contributed by atoms with Crippen molar-refractivity contribution in [2.24, 2.45) is 0 Å². The monoisotopic (exact) mass is 380 g/mol. The Morgan fingerprint density at radius 1 is 1.07 bits per heavy atom. The Kier molecular flexibility index (Phi) is 4.59. The van der Waals surface area contributed by atoms with E-state index in [0.717, 1.165) is 30.3 Å². The van der Waals surface area contributed by atoms with Crippen LogP contribution >= 0.6 is 0 Å². The van der Waals surface area contributed by atoms with Gasteiger partial charge in [-0.1, -0.05) is 42.5 Å². The fourth-order valence-electron chi connectivity index (χ4n) is 4.02. The van der Waals surface area contributed by atoms with E-state index in [-0.39, 0.29) is 24.3 Å². The van der Waals surface area contributed by atoms with Gasteiger partial charge in [0.2, 0.25) is 0 Å². The second-order valence-corrected chi connectivity index (χ2v) is 9.19. The van der Waals surface area contributed by atoms with E-state index in [9.17, 15) is 4.79 Å². The number of rotatable bonds is 4. The molecule has 4 nitrogen and oxygen atoms in total. The van der Waals surface area contributed by atoms with Gasteiger partial charge in [-0.05, 0) is 63.6 Å². The summed E-state index contributed by atoms with van der Waals surface area (Å²) in [5, 5.41) is 0. The molecule has 5 heteroatoms. The molecule has 2 aliphatic carbocycles. The summed E-state index contributed by atoms with van der Waals surface area (Å²) >= 11 is 0. The maximum Gasteiger partial charge on any atom is 0.494 e. The van der Waals surface area contributed by atoms with Gasteiger partial charge in [0.25, 0.3) is 0 Å². The summed E-state index contributed by atoms with van der Waals surface area (Å²) < 4.78 is 17.3. The second-order valence-electron chi connectivity index (χ2n) is 9.19. The molecule has 1 aliphatic heterocycles. The third kappa shape index (κ3) is 3.15. The first-order valence-electron chi connectivity index (χ1n) is 10.1. The highest BCUT2D eigenvalue weighted by atomic mass is 16.7. The van der Waals surface area contributed by atoms with Crippen LogP contribution in [0.5, 0.6) is 0 Å². The summed E-state index contributed by atoms with van der Waals surface area (Å²) in [5.41, 5.74) is 2.37. The minimum atomic E-state index is -0.403. The summed E-state index contributed by atoms with van der Waals surface area (Å²) in [6.07, 6.45) is 9.24. The van der Waals surface area contributed by atoms with Gasteiger partial charge in [-0.2, -0.15) is 0 Å². The molecular weight excluding hydrogens is 351 g/mol. The fraction of sp³-hybridized carbons (Fsp3) is 0.522. The predicted octanol–water partition coefficient (Wildman–Crippen LogP) is 4.49. The molecule has 0 spiro atoms. The van der Waals surface area contributed by atoms with Crippen molar-refractivity contribution in [1.82, 2.24) is 0 Å². The molecular formula is C23H29BO4. The van der Waals surface area contributed by atoms with Crippen molar-refractivity contribution in [3.05, 3.63) is 59.1 Å². The standard InChI is InChI=1S/C23H29BO4/c1-21(2)22(3,4)28-24(27-21)19-12-8-17(9-13-19)16-6-10-18(11-7-16)23(14-15-23)20(25)26-5/h6-8,10-13,17H,9,14-15H2,1-5H3. The Morgan fingerprint density at radius 2 is 1.68 bits per heavy atom. The average molecular weight is 380 g/mol. The topological polar surface area (TPSA) is 44.8 Å². The number of esters is 1. The summed E-state index contributed by atoms with van der Waals surface area (Å²) in [6, 6.07) is 8.45. The van der Waals surface area contributed by atoms with E-state index in [1.165, 1.54) is 12.7 Å². The van der Waals surface area contributed by atoms with Gasteiger partial charge in [-0.15, -0.1) is 0 Å². The van der Waals surface area contributed by atoms with E-state index in [4.69, 9.17) is 14.0 Å². The number of hydrogen-bond acceptors (Lipinski definition) is 4. The molecule has 0 N–H and O–H groups in total. The highest BCUT2D eigenvalue weighted by Crippen LogP contribution is 2.49. The van der Waals surface area contributed by atoms with E-state index >= 15 is 0 Å². The average Bonchev–Trinajstić information content (AvgIpc) is 3.45.